The third kappa shape index (κ3) is 1.71. The molecule has 2 rings (SSSR count). The van der Waals surface area contributed by atoms with E-state index in [1.165, 1.54) is 0 Å². The van der Waals surface area contributed by atoms with Crippen LogP contribution in [0.2, 0.25) is 0 Å². The van der Waals surface area contributed by atoms with E-state index in [-0.39, 0.29) is 11.3 Å². The third-order valence-electron chi connectivity index (χ3n) is 2.23. The number of rotatable bonds is 1. The van der Waals surface area contributed by atoms with Crippen molar-refractivity contribution in [1.82, 2.24) is 5.32 Å². The minimum Gasteiger partial charge on any atom is -0.508 e. The van der Waals surface area contributed by atoms with E-state index in [0.29, 0.717) is 0 Å². The first-order valence-corrected chi connectivity index (χ1v) is 4.69. The monoisotopic (exact) mass is 190 g/mol. The highest BCUT2D eigenvalue weighted by atomic mass is 16.3. The molecule has 0 unspecified atom stereocenters. The Morgan fingerprint density at radius 1 is 1.29 bits per heavy atom. The number of hydrogen-bond donors (Lipinski definition) is 2. The van der Waals surface area contributed by atoms with Crippen molar-refractivity contribution in [3.05, 3.63) is 29.8 Å². The Morgan fingerprint density at radius 3 is 2.43 bits per heavy atom. The fourth-order valence-electron chi connectivity index (χ4n) is 1.46. The summed E-state index contributed by atoms with van der Waals surface area (Å²) in [6, 6.07) is 7.07. The molecule has 0 fully saturated rings. The van der Waals surface area contributed by atoms with Crippen LogP contribution in [0.1, 0.15) is 19.4 Å². The molecule has 1 aromatic rings. The van der Waals surface area contributed by atoms with Gasteiger partial charge in [-0.3, -0.25) is 4.99 Å². The van der Waals surface area contributed by atoms with Gasteiger partial charge in [0.05, 0.1) is 12.1 Å². The molecule has 3 heteroatoms. The Hall–Kier alpha value is -1.51. The lowest BCUT2D eigenvalue weighted by molar-refractivity contribution is 0.475. The number of amidine groups is 1. The minimum atomic E-state index is 0.0488. The van der Waals surface area contributed by atoms with Crippen LogP contribution in [-0.4, -0.2) is 23.0 Å². The maximum Gasteiger partial charge on any atom is 0.128 e. The Bertz CT molecular complexity index is 365. The maximum absolute atomic E-state index is 9.14. The van der Waals surface area contributed by atoms with Crippen molar-refractivity contribution in [2.45, 2.75) is 19.4 Å². The van der Waals surface area contributed by atoms with Crippen LogP contribution in [0.25, 0.3) is 0 Å². The highest BCUT2D eigenvalue weighted by Gasteiger charge is 2.25. The van der Waals surface area contributed by atoms with Gasteiger partial charge in [0.1, 0.15) is 11.6 Å². The smallest absolute Gasteiger partial charge is 0.128 e. The molecule has 2 N–H and O–H groups in total. The molecule has 0 saturated heterocycles. The number of phenolic OH excluding ortho intramolecular Hbond substituents is 1. The largest absolute Gasteiger partial charge is 0.508 e. The first-order chi connectivity index (χ1) is 6.57. The molecule has 0 bridgehead atoms. The Balaban J connectivity index is 2.22. The summed E-state index contributed by atoms with van der Waals surface area (Å²) >= 11 is 0. The van der Waals surface area contributed by atoms with E-state index < -0.39 is 0 Å². The molecule has 0 amide bonds. The molecule has 74 valence electrons. The number of aromatic hydroxyl groups is 1. The predicted octanol–water partition coefficient (Wildman–Crippen LogP) is 1.52. The van der Waals surface area contributed by atoms with E-state index >= 15 is 0 Å². The van der Waals surface area contributed by atoms with Crippen molar-refractivity contribution in [3.63, 3.8) is 0 Å². The van der Waals surface area contributed by atoms with Gasteiger partial charge in [-0.1, -0.05) is 0 Å². The van der Waals surface area contributed by atoms with Crippen molar-refractivity contribution in [2.75, 3.05) is 6.54 Å². The lowest BCUT2D eigenvalue weighted by Gasteiger charge is -2.18. The number of aliphatic imine (C=N–C) groups is 1. The maximum atomic E-state index is 9.14. The van der Waals surface area contributed by atoms with Gasteiger partial charge < -0.3 is 10.4 Å². The molecule has 0 spiro atoms. The predicted molar refractivity (Wildman–Crippen MR) is 56.7 cm³/mol. The number of phenols is 1. The van der Waals surface area contributed by atoms with Gasteiger partial charge in [0.15, 0.2) is 0 Å². The van der Waals surface area contributed by atoms with E-state index in [2.05, 4.69) is 24.2 Å². The summed E-state index contributed by atoms with van der Waals surface area (Å²) in [5.74, 6) is 1.20. The molecule has 3 nitrogen and oxygen atoms in total. The minimum absolute atomic E-state index is 0.0488. The first kappa shape index (κ1) is 9.06. The average Bonchev–Trinajstić information content (AvgIpc) is 2.47. The fourth-order valence-corrected chi connectivity index (χ4v) is 1.46. The number of nitrogens with zero attached hydrogens (tertiary/aromatic N) is 1. The second kappa shape index (κ2) is 3.01. The third-order valence-corrected chi connectivity index (χ3v) is 2.23. The van der Waals surface area contributed by atoms with Gasteiger partial charge in [-0.15, -0.1) is 0 Å². The van der Waals surface area contributed by atoms with Gasteiger partial charge in [0.2, 0.25) is 0 Å². The topological polar surface area (TPSA) is 44.6 Å². The van der Waals surface area contributed by atoms with E-state index in [4.69, 9.17) is 5.11 Å². The summed E-state index contributed by atoms with van der Waals surface area (Å²) in [6.07, 6.45) is 0. The average molecular weight is 190 g/mol. The SMILES string of the molecule is CC1(C)CN=C(c2ccc(O)cc2)N1. The van der Waals surface area contributed by atoms with E-state index in [9.17, 15) is 0 Å². The Labute approximate surface area is 83.5 Å². The van der Waals surface area contributed by atoms with Gasteiger partial charge in [0, 0.05) is 5.56 Å². The van der Waals surface area contributed by atoms with Crippen LogP contribution in [0, 0.1) is 0 Å². The summed E-state index contributed by atoms with van der Waals surface area (Å²) < 4.78 is 0. The van der Waals surface area contributed by atoms with E-state index in [1.807, 2.05) is 12.1 Å². The van der Waals surface area contributed by atoms with Crippen molar-refractivity contribution < 1.29 is 5.11 Å². The molecular formula is C11H14N2O. The molecule has 0 aliphatic carbocycles. The Kier molecular flexibility index (Phi) is 1.95. The summed E-state index contributed by atoms with van der Waals surface area (Å²) in [7, 11) is 0. The molecular weight excluding hydrogens is 176 g/mol. The second-order valence-corrected chi connectivity index (χ2v) is 4.22. The van der Waals surface area contributed by atoms with Crippen molar-refractivity contribution in [2.24, 2.45) is 4.99 Å². The van der Waals surface area contributed by atoms with Gasteiger partial charge in [-0.25, -0.2) is 0 Å². The molecule has 0 saturated carbocycles. The lowest BCUT2D eigenvalue weighted by atomic mass is 10.1. The van der Waals surface area contributed by atoms with Crippen molar-refractivity contribution >= 4 is 5.84 Å². The molecule has 1 aliphatic rings. The summed E-state index contributed by atoms with van der Waals surface area (Å²) in [5.41, 5.74) is 1.07. The van der Waals surface area contributed by atoms with E-state index in [0.717, 1.165) is 17.9 Å². The summed E-state index contributed by atoms with van der Waals surface area (Å²) in [5, 5.41) is 12.5. The molecule has 1 aromatic carbocycles. The normalized spacial score (nSPS) is 18.9. The van der Waals surface area contributed by atoms with Crippen LogP contribution in [-0.2, 0) is 0 Å². The van der Waals surface area contributed by atoms with Gasteiger partial charge >= 0.3 is 0 Å². The van der Waals surface area contributed by atoms with Crippen LogP contribution < -0.4 is 5.32 Å². The zero-order chi connectivity index (χ0) is 10.2. The molecule has 1 aliphatic heterocycles. The van der Waals surface area contributed by atoms with Crippen LogP contribution >= 0.6 is 0 Å². The molecule has 1 heterocycles. The van der Waals surface area contributed by atoms with Crippen molar-refractivity contribution in [3.8, 4) is 5.75 Å². The number of hydrogen-bond acceptors (Lipinski definition) is 3. The first-order valence-electron chi connectivity index (χ1n) is 4.69. The lowest BCUT2D eigenvalue weighted by Crippen LogP contribution is -2.39. The zero-order valence-electron chi connectivity index (χ0n) is 8.41. The van der Waals surface area contributed by atoms with E-state index in [1.54, 1.807) is 12.1 Å². The highest BCUT2D eigenvalue weighted by molar-refractivity contribution is 6.00. The molecule has 14 heavy (non-hydrogen) atoms. The second-order valence-electron chi connectivity index (χ2n) is 4.22. The molecule has 0 atom stereocenters. The van der Waals surface area contributed by atoms with Crippen molar-refractivity contribution in [1.29, 1.82) is 0 Å². The van der Waals surface area contributed by atoms with Crippen LogP contribution in [0.5, 0.6) is 5.75 Å². The van der Waals surface area contributed by atoms with Gasteiger partial charge in [-0.05, 0) is 38.1 Å². The molecule has 0 radical (unpaired) electrons. The standard InChI is InChI=1S/C11H14N2O/c1-11(2)7-12-10(13-11)8-3-5-9(14)6-4-8/h3-6,14H,7H2,1-2H3,(H,12,13). The summed E-state index contributed by atoms with van der Waals surface area (Å²) in [6.45, 7) is 5.02. The van der Waals surface area contributed by atoms with Gasteiger partial charge in [0.25, 0.3) is 0 Å². The fraction of sp³-hybridized carbons (Fsp3) is 0.364. The number of benzene rings is 1. The van der Waals surface area contributed by atoms with Crippen LogP contribution in [0.3, 0.4) is 0 Å². The quantitative estimate of drug-likeness (QED) is 0.705. The zero-order valence-corrected chi connectivity index (χ0v) is 8.41. The number of nitrogens with one attached hydrogen (secondary N) is 1. The highest BCUT2D eigenvalue weighted by Crippen LogP contribution is 2.15. The Morgan fingerprint density at radius 2 is 1.93 bits per heavy atom. The molecule has 0 aromatic heterocycles. The van der Waals surface area contributed by atoms with Crippen LogP contribution in [0.15, 0.2) is 29.3 Å². The van der Waals surface area contributed by atoms with Gasteiger partial charge in [-0.2, -0.15) is 0 Å². The summed E-state index contributed by atoms with van der Waals surface area (Å²) in [4.78, 5) is 4.41. The van der Waals surface area contributed by atoms with Crippen LogP contribution in [0.4, 0.5) is 0 Å².